The Labute approximate surface area is 191 Å². The van der Waals surface area contributed by atoms with Crippen LogP contribution in [0.4, 0.5) is 4.39 Å². The van der Waals surface area contributed by atoms with Crippen LogP contribution in [0.3, 0.4) is 0 Å². The number of ether oxygens (including phenoxy) is 1. The molecule has 1 saturated carbocycles. The first kappa shape index (κ1) is 22.8. The normalized spacial score (nSPS) is 13.8. The van der Waals surface area contributed by atoms with Crippen LogP contribution < -0.4 is 9.46 Å². The minimum atomic E-state index is -4.19. The summed E-state index contributed by atoms with van der Waals surface area (Å²) in [4.78, 5) is 18.3. The summed E-state index contributed by atoms with van der Waals surface area (Å²) in [5, 5.41) is 7.63. The average Bonchev–Trinajstić information content (AvgIpc) is 3.49. The number of nitrogens with zero attached hydrogens (tertiary/aromatic N) is 4. The minimum absolute atomic E-state index is 0.109. The molecular formula is C22H24FN5O4S. The van der Waals surface area contributed by atoms with Gasteiger partial charge in [0.05, 0.1) is 25.8 Å². The molecule has 2 heterocycles. The Morgan fingerprint density at radius 3 is 2.73 bits per heavy atom. The molecule has 0 atom stereocenters. The quantitative estimate of drug-likeness (QED) is 0.535. The smallest absolute Gasteiger partial charge is 0.285 e. The fourth-order valence-corrected chi connectivity index (χ4v) is 4.43. The molecule has 1 aliphatic carbocycles. The van der Waals surface area contributed by atoms with E-state index in [0.717, 1.165) is 19.0 Å². The van der Waals surface area contributed by atoms with Gasteiger partial charge in [0.1, 0.15) is 5.82 Å². The maximum atomic E-state index is 14.5. The van der Waals surface area contributed by atoms with Gasteiger partial charge in [0, 0.05) is 12.3 Å². The lowest BCUT2D eigenvalue weighted by Crippen LogP contribution is -2.32. The molecule has 2 aromatic heterocycles. The topological polar surface area (TPSA) is 116 Å². The van der Waals surface area contributed by atoms with Crippen molar-refractivity contribution >= 4 is 15.9 Å². The van der Waals surface area contributed by atoms with Crippen LogP contribution in [0.1, 0.15) is 49.8 Å². The molecule has 1 amide bonds. The molecule has 1 fully saturated rings. The molecular weight excluding hydrogens is 449 g/mol. The van der Waals surface area contributed by atoms with E-state index in [-0.39, 0.29) is 23.4 Å². The molecule has 4 rings (SSSR count). The zero-order valence-corrected chi connectivity index (χ0v) is 19.3. The van der Waals surface area contributed by atoms with E-state index >= 15 is 0 Å². The summed E-state index contributed by atoms with van der Waals surface area (Å²) in [6, 6.07) is 6.10. The minimum Gasteiger partial charge on any atom is -0.481 e. The number of sulfonamides is 1. The Bertz CT molecular complexity index is 1300. The number of halogens is 1. The van der Waals surface area contributed by atoms with E-state index in [2.05, 4.69) is 19.9 Å². The fraction of sp³-hybridized carbons (Fsp3) is 0.364. The zero-order chi connectivity index (χ0) is 23.8. The highest BCUT2D eigenvalue weighted by Crippen LogP contribution is 2.34. The highest BCUT2D eigenvalue weighted by atomic mass is 32.2. The van der Waals surface area contributed by atoms with Crippen molar-refractivity contribution in [2.75, 3.05) is 7.11 Å². The first-order valence-corrected chi connectivity index (χ1v) is 12.0. The van der Waals surface area contributed by atoms with E-state index in [1.807, 2.05) is 13.8 Å². The molecule has 33 heavy (non-hydrogen) atoms. The molecule has 1 N–H and O–H groups in total. The molecule has 3 aromatic rings. The summed E-state index contributed by atoms with van der Waals surface area (Å²) in [7, 11) is -2.72. The van der Waals surface area contributed by atoms with Crippen molar-refractivity contribution in [2.45, 2.75) is 50.1 Å². The molecule has 0 unspecified atom stereocenters. The summed E-state index contributed by atoms with van der Waals surface area (Å²) in [5.41, 5.74) is 2.19. The molecule has 0 aliphatic heterocycles. The van der Waals surface area contributed by atoms with Crippen LogP contribution in [0.2, 0.25) is 0 Å². The van der Waals surface area contributed by atoms with Gasteiger partial charge in [-0.2, -0.15) is 18.3 Å². The lowest BCUT2D eigenvalue weighted by Gasteiger charge is -2.18. The van der Waals surface area contributed by atoms with Crippen LogP contribution in [-0.2, 0) is 21.2 Å². The van der Waals surface area contributed by atoms with E-state index in [1.165, 1.54) is 30.2 Å². The van der Waals surface area contributed by atoms with Gasteiger partial charge in [0.25, 0.3) is 10.0 Å². The van der Waals surface area contributed by atoms with Gasteiger partial charge in [0.2, 0.25) is 16.8 Å². The number of hydrogen-bond acceptors (Lipinski definition) is 7. The molecule has 9 nitrogen and oxygen atoms in total. The highest BCUT2D eigenvalue weighted by molar-refractivity contribution is 7.90. The lowest BCUT2D eigenvalue weighted by atomic mass is 9.88. The molecule has 0 bridgehead atoms. The number of methoxy groups -OCH3 is 1. The van der Waals surface area contributed by atoms with E-state index in [9.17, 15) is 17.6 Å². The molecule has 11 heteroatoms. The van der Waals surface area contributed by atoms with Crippen molar-refractivity contribution in [3.8, 4) is 17.0 Å². The molecule has 0 radical (unpaired) electrons. The van der Waals surface area contributed by atoms with E-state index < -0.39 is 21.7 Å². The molecule has 1 aliphatic rings. The largest absolute Gasteiger partial charge is 0.481 e. The van der Waals surface area contributed by atoms with Gasteiger partial charge in [-0.3, -0.25) is 4.79 Å². The molecule has 0 saturated heterocycles. The number of nitrogens with one attached hydrogen (secondary N) is 1. The molecule has 1 aromatic carbocycles. The Hall–Kier alpha value is -3.34. The summed E-state index contributed by atoms with van der Waals surface area (Å²) in [5.74, 6) is -0.995. The Balaban J connectivity index is 1.66. The maximum Gasteiger partial charge on any atom is 0.285 e. The Morgan fingerprint density at radius 2 is 2.06 bits per heavy atom. The van der Waals surface area contributed by atoms with E-state index in [0.29, 0.717) is 28.1 Å². The number of carbonyl (C=O) groups excluding carboxylic acids is 1. The number of carbonyl (C=O) groups is 1. The van der Waals surface area contributed by atoms with Gasteiger partial charge < -0.3 is 4.74 Å². The lowest BCUT2D eigenvalue weighted by molar-refractivity contribution is -0.118. The van der Waals surface area contributed by atoms with Crippen molar-refractivity contribution in [3.63, 3.8) is 0 Å². The second-order valence-corrected chi connectivity index (χ2v) is 9.83. The van der Waals surface area contributed by atoms with Crippen LogP contribution in [0.15, 0.2) is 41.7 Å². The van der Waals surface area contributed by atoms with Gasteiger partial charge in [-0.15, -0.1) is 5.10 Å². The van der Waals surface area contributed by atoms with Gasteiger partial charge in [-0.05, 0) is 59.2 Å². The zero-order valence-electron chi connectivity index (χ0n) is 18.4. The van der Waals surface area contributed by atoms with Gasteiger partial charge >= 0.3 is 0 Å². The fourth-order valence-electron chi connectivity index (χ4n) is 3.58. The van der Waals surface area contributed by atoms with Crippen molar-refractivity contribution in [1.82, 2.24) is 24.7 Å². The van der Waals surface area contributed by atoms with Crippen LogP contribution in [0.5, 0.6) is 5.88 Å². The standard InChI is InChI=1S/C22H24FN5O4S/c1-13(2)17-9-15(23)10-18(14-6-7-24-21(8-14)32-3)19(17)11-20(29)27-33(30,31)22-12-25-28(26-22)16-4-5-16/h6-10,12-13,16H,4-5,11H2,1-3H3,(H,27,29). The van der Waals surface area contributed by atoms with E-state index in [1.54, 1.807) is 12.1 Å². The number of hydrogen-bond donors (Lipinski definition) is 1. The first-order chi connectivity index (χ1) is 15.7. The summed E-state index contributed by atoms with van der Waals surface area (Å²) in [6.07, 6.45) is 4.16. The monoisotopic (exact) mass is 473 g/mol. The highest BCUT2D eigenvalue weighted by Gasteiger charge is 2.29. The average molecular weight is 474 g/mol. The third-order valence-electron chi connectivity index (χ3n) is 5.35. The van der Waals surface area contributed by atoms with Crippen LogP contribution in [-0.4, -0.2) is 41.4 Å². The number of benzene rings is 1. The van der Waals surface area contributed by atoms with Gasteiger partial charge in [-0.25, -0.2) is 14.1 Å². The number of amides is 1. The third-order valence-corrected chi connectivity index (χ3v) is 6.58. The number of pyridine rings is 1. The predicted octanol–water partition coefficient (Wildman–Crippen LogP) is 2.99. The van der Waals surface area contributed by atoms with Crippen molar-refractivity contribution in [2.24, 2.45) is 0 Å². The Kier molecular flexibility index (Phi) is 6.15. The van der Waals surface area contributed by atoms with Crippen molar-refractivity contribution < 1.29 is 22.3 Å². The van der Waals surface area contributed by atoms with Crippen LogP contribution in [0.25, 0.3) is 11.1 Å². The van der Waals surface area contributed by atoms with Crippen LogP contribution >= 0.6 is 0 Å². The number of aromatic nitrogens is 4. The summed E-state index contributed by atoms with van der Waals surface area (Å²) >= 11 is 0. The van der Waals surface area contributed by atoms with Gasteiger partial charge in [0.15, 0.2) is 0 Å². The summed E-state index contributed by atoms with van der Waals surface area (Å²) in [6.45, 7) is 3.75. The summed E-state index contributed by atoms with van der Waals surface area (Å²) < 4.78 is 47.0. The van der Waals surface area contributed by atoms with E-state index in [4.69, 9.17) is 4.74 Å². The number of rotatable bonds is 8. The predicted molar refractivity (Wildman–Crippen MR) is 118 cm³/mol. The van der Waals surface area contributed by atoms with Crippen molar-refractivity contribution in [1.29, 1.82) is 0 Å². The van der Waals surface area contributed by atoms with Crippen molar-refractivity contribution in [3.05, 3.63) is 53.6 Å². The van der Waals surface area contributed by atoms with Gasteiger partial charge in [-0.1, -0.05) is 13.8 Å². The van der Waals surface area contributed by atoms with Crippen LogP contribution in [0, 0.1) is 5.82 Å². The maximum absolute atomic E-state index is 14.5. The molecule has 0 spiro atoms. The Morgan fingerprint density at radius 1 is 1.30 bits per heavy atom. The second kappa shape index (κ2) is 8.89. The first-order valence-electron chi connectivity index (χ1n) is 10.5. The SMILES string of the molecule is COc1cc(-c2cc(F)cc(C(C)C)c2CC(=O)NS(=O)(=O)c2cnn(C3CC3)n2)ccn1. The second-order valence-electron chi connectivity index (χ2n) is 8.20. The third kappa shape index (κ3) is 5.03. The molecule has 174 valence electrons.